The van der Waals surface area contributed by atoms with E-state index in [4.69, 9.17) is 51.7 Å². The molecule has 0 aromatic rings. The highest BCUT2D eigenvalue weighted by molar-refractivity contribution is 7.45. The molecule has 0 saturated carbocycles. The molecule has 16 unspecified atom stereocenters. The zero-order valence-electron chi connectivity index (χ0n) is 55.0. The lowest BCUT2D eigenvalue weighted by Crippen LogP contribution is -2.64. The number of nitrogens with one attached hydrogen (secondary N) is 6. The first-order valence-corrected chi connectivity index (χ1v) is 33.2. The fraction of sp³-hybridized carbons (Fsp3) is 0.877. The van der Waals surface area contributed by atoms with E-state index < -0.39 is 161 Å². The Morgan fingerprint density at radius 1 is 0.463 bits per heavy atom. The van der Waals surface area contributed by atoms with Gasteiger partial charge in [0.05, 0.1) is 91.5 Å². The lowest BCUT2D eigenvalue weighted by Gasteiger charge is -2.42. The van der Waals surface area contributed by atoms with E-state index in [1.165, 1.54) is 25.7 Å². The van der Waals surface area contributed by atoms with Crippen molar-refractivity contribution in [3.63, 3.8) is 0 Å². The van der Waals surface area contributed by atoms with Gasteiger partial charge in [-0.05, 0) is 33.6 Å². The zero-order valence-corrected chi connectivity index (χ0v) is 55.9. The van der Waals surface area contributed by atoms with Crippen LogP contribution >= 0.6 is 7.82 Å². The number of aliphatic hydroxyl groups is 9. The molecule has 7 amide bonds. The SMILES string of the molecule is CC(=O)NC1C(OCCOCCNC(=O)CCN(CCC(=O)NCCOCCOC2OC(CO)C(O)C(O)C2NC(C)=O)CCN(CCC(=O)NCCOCCOC2OC(CO)C(O)C(O)C2NC(C)=O)C(=O)CCCCCOP(=O)([O-])OC(C)(C)C)OC(CO)C(O)C1O. The summed E-state index contributed by atoms with van der Waals surface area (Å²) in [6, 6.07) is -3.45. The van der Waals surface area contributed by atoms with Gasteiger partial charge in [0.15, 0.2) is 18.9 Å². The minimum Gasteiger partial charge on any atom is -0.756 e. The molecule has 3 aliphatic rings. The molecule has 38 heteroatoms. The number of phosphoric ester groups is 1. The Labute approximate surface area is 552 Å². The van der Waals surface area contributed by atoms with Crippen molar-refractivity contribution in [3.05, 3.63) is 0 Å². The average Bonchev–Trinajstić information content (AvgIpc) is 0.836. The van der Waals surface area contributed by atoms with Crippen LogP contribution in [0, 0.1) is 0 Å². The summed E-state index contributed by atoms with van der Waals surface area (Å²) in [7, 11) is -4.59. The highest BCUT2D eigenvalue weighted by Gasteiger charge is 2.48. The Balaban J connectivity index is 1.62. The zero-order chi connectivity index (χ0) is 70.7. The van der Waals surface area contributed by atoms with Gasteiger partial charge in [-0.3, -0.25) is 38.1 Å². The summed E-state index contributed by atoms with van der Waals surface area (Å²) in [5, 5.41) is 107. The molecule has 3 rings (SSSR count). The summed E-state index contributed by atoms with van der Waals surface area (Å²) in [6.07, 6.45) is -15.6. The van der Waals surface area contributed by atoms with Crippen LogP contribution in [0.1, 0.15) is 86.5 Å². The minimum atomic E-state index is -4.59. The Morgan fingerprint density at radius 3 is 1.16 bits per heavy atom. The third-order valence-corrected chi connectivity index (χ3v) is 15.9. The monoisotopic (exact) mass is 1400 g/mol. The Kier molecular flexibility index (Phi) is 40.5. The highest BCUT2D eigenvalue weighted by Crippen LogP contribution is 2.43. The number of hydrogen-bond acceptors (Lipinski definition) is 30. The molecule has 37 nitrogen and oxygen atoms in total. The number of hydrogen-bond donors (Lipinski definition) is 15. The largest absolute Gasteiger partial charge is 0.756 e. The van der Waals surface area contributed by atoms with Gasteiger partial charge >= 0.3 is 0 Å². The number of phosphoric acid groups is 1. The molecule has 0 radical (unpaired) electrons. The Hall–Kier alpha value is -4.36. The fourth-order valence-electron chi connectivity index (χ4n) is 9.83. The van der Waals surface area contributed by atoms with Crippen molar-refractivity contribution in [2.24, 2.45) is 0 Å². The van der Waals surface area contributed by atoms with Crippen LogP contribution in [0.3, 0.4) is 0 Å². The first-order chi connectivity index (χ1) is 45.0. The first-order valence-electron chi connectivity index (χ1n) is 31.7. The van der Waals surface area contributed by atoms with Crippen molar-refractivity contribution >= 4 is 49.2 Å². The maximum Gasteiger partial charge on any atom is 0.268 e. The third-order valence-electron chi connectivity index (χ3n) is 14.6. The van der Waals surface area contributed by atoms with E-state index in [9.17, 15) is 89.0 Å². The van der Waals surface area contributed by atoms with Gasteiger partial charge < -0.3 is 144 Å². The molecule has 0 bridgehead atoms. The molecule has 3 fully saturated rings. The summed E-state index contributed by atoms with van der Waals surface area (Å²) in [5.74, 6) is -3.15. The molecule has 0 spiro atoms. The summed E-state index contributed by atoms with van der Waals surface area (Å²) >= 11 is 0. The van der Waals surface area contributed by atoms with Crippen LogP contribution in [0.5, 0.6) is 0 Å². The molecular formula is C57H104N8O29P-. The summed E-state index contributed by atoms with van der Waals surface area (Å²) < 4.78 is 72.6. The number of carbonyl (C=O) groups is 7. The van der Waals surface area contributed by atoms with E-state index in [1.807, 2.05) is 0 Å². The van der Waals surface area contributed by atoms with E-state index in [-0.39, 0.29) is 156 Å². The maximum atomic E-state index is 13.9. The fourth-order valence-corrected chi connectivity index (χ4v) is 10.9. The third kappa shape index (κ3) is 33.4. The Morgan fingerprint density at radius 2 is 0.821 bits per heavy atom. The van der Waals surface area contributed by atoms with E-state index in [0.29, 0.717) is 12.8 Å². The molecule has 16 atom stereocenters. The van der Waals surface area contributed by atoms with Gasteiger partial charge in [-0.15, -0.1) is 0 Å². The summed E-state index contributed by atoms with van der Waals surface area (Å²) in [4.78, 5) is 104. The van der Waals surface area contributed by atoms with E-state index in [0.717, 1.165) is 0 Å². The molecule has 15 N–H and O–H groups in total. The molecule has 3 heterocycles. The highest BCUT2D eigenvalue weighted by atomic mass is 31.2. The number of carbonyl (C=O) groups excluding carboxylic acids is 7. The maximum absolute atomic E-state index is 13.9. The average molecular weight is 1400 g/mol. The second-order valence-corrected chi connectivity index (χ2v) is 24.9. The molecule has 95 heavy (non-hydrogen) atoms. The van der Waals surface area contributed by atoms with Crippen molar-refractivity contribution in [1.82, 2.24) is 41.7 Å². The van der Waals surface area contributed by atoms with Crippen LogP contribution in [-0.2, 0) is 89.8 Å². The standard InChI is InChI=1S/C57H105N8O29P/c1-35(69)61-45-51(79)48(76)38(32-66)91-54(45)87-29-26-84-23-14-58-41(72)11-17-64(18-12-42(73)59-15-24-85-27-30-88-55-46(62-36(2)70)52(80)49(77)39(33-67)92-55)20-21-65(44(75)10-8-7-9-22-90-95(82,83)94-57(4,5)6)19-13-43(74)60-16-25-86-28-31-89-56-47(63-37(3)71)53(81)50(78)40(34-68)93-56/h38-40,45-56,66-68,76-81H,7-34H2,1-6H3,(H,58,72)(H,59,73)(H,60,74)(H,61,69)(H,62,70)(H,63,71)(H,82,83)/p-1. The van der Waals surface area contributed by atoms with Crippen molar-refractivity contribution in [2.45, 2.75) is 184 Å². The first kappa shape index (κ1) is 84.9. The number of aliphatic hydroxyl groups excluding tert-OH is 9. The number of amides is 7. The predicted octanol–water partition coefficient (Wildman–Crippen LogP) is -7.57. The lowest BCUT2D eigenvalue weighted by atomic mass is 9.97. The normalized spacial score (nSPS) is 26.9. The minimum absolute atomic E-state index is 0.00268. The van der Waals surface area contributed by atoms with Crippen molar-refractivity contribution in [1.29, 1.82) is 0 Å². The predicted molar refractivity (Wildman–Crippen MR) is 325 cm³/mol. The van der Waals surface area contributed by atoms with E-state index in [2.05, 4.69) is 31.9 Å². The van der Waals surface area contributed by atoms with Crippen molar-refractivity contribution in [2.75, 3.05) is 138 Å². The van der Waals surface area contributed by atoms with Crippen LogP contribution in [0.25, 0.3) is 0 Å². The Bertz CT molecular complexity index is 2240. The second-order valence-electron chi connectivity index (χ2n) is 23.6. The summed E-state index contributed by atoms with van der Waals surface area (Å²) in [6.45, 7) is 6.37. The van der Waals surface area contributed by atoms with Gasteiger partial charge in [-0.25, -0.2) is 0 Å². The quantitative estimate of drug-likeness (QED) is 0.0199. The van der Waals surface area contributed by atoms with Gasteiger partial charge in [-0.1, -0.05) is 6.42 Å². The molecule has 0 aliphatic carbocycles. The van der Waals surface area contributed by atoms with Gasteiger partial charge in [0.1, 0.15) is 73.1 Å². The summed E-state index contributed by atoms with van der Waals surface area (Å²) in [5.41, 5.74) is -1.01. The number of rotatable bonds is 47. The second kappa shape index (κ2) is 45.3. The van der Waals surface area contributed by atoms with E-state index >= 15 is 0 Å². The molecular weight excluding hydrogens is 1290 g/mol. The lowest BCUT2D eigenvalue weighted by molar-refractivity contribution is -0.272. The van der Waals surface area contributed by atoms with Crippen molar-refractivity contribution in [3.8, 4) is 0 Å². The molecule has 3 aliphatic heterocycles. The van der Waals surface area contributed by atoms with Gasteiger partial charge in [0, 0.05) is 98.8 Å². The van der Waals surface area contributed by atoms with Crippen LogP contribution in [0.15, 0.2) is 0 Å². The number of nitrogens with zero attached hydrogens (tertiary/aromatic N) is 2. The van der Waals surface area contributed by atoms with Gasteiger partial charge in [0.25, 0.3) is 7.82 Å². The molecule has 0 aromatic carbocycles. The van der Waals surface area contributed by atoms with Crippen LogP contribution in [-0.4, -0.2) is 333 Å². The number of ether oxygens (including phenoxy) is 9. The van der Waals surface area contributed by atoms with Crippen LogP contribution < -0.4 is 36.8 Å². The van der Waals surface area contributed by atoms with Gasteiger partial charge in [-0.2, -0.15) is 0 Å². The van der Waals surface area contributed by atoms with Crippen LogP contribution in [0.4, 0.5) is 0 Å². The number of unbranched alkanes of at least 4 members (excludes halogenated alkanes) is 2. The molecule has 552 valence electrons. The van der Waals surface area contributed by atoms with Crippen LogP contribution in [0.2, 0.25) is 0 Å². The van der Waals surface area contributed by atoms with Crippen molar-refractivity contribution < 1.29 is 141 Å². The molecule has 3 saturated heterocycles. The van der Waals surface area contributed by atoms with E-state index in [1.54, 1.807) is 25.7 Å². The topological polar surface area (TPSA) is 522 Å². The van der Waals surface area contributed by atoms with Gasteiger partial charge in [0.2, 0.25) is 41.4 Å². The smallest absolute Gasteiger partial charge is 0.268 e. The molecule has 0 aromatic heterocycles.